The Morgan fingerprint density at radius 1 is 1.56 bits per heavy atom. The zero-order valence-corrected chi connectivity index (χ0v) is 10.8. The smallest absolute Gasteiger partial charge is 0.126 e. The first-order valence-corrected chi connectivity index (χ1v) is 5.66. The molecule has 0 aliphatic carbocycles. The van der Waals surface area contributed by atoms with Gasteiger partial charge in [-0.05, 0) is 39.4 Å². The maximum atomic E-state index is 5.85. The maximum Gasteiger partial charge on any atom is 0.126 e. The lowest BCUT2D eigenvalue weighted by Gasteiger charge is -2.21. The summed E-state index contributed by atoms with van der Waals surface area (Å²) in [6, 6.07) is 0.473. The van der Waals surface area contributed by atoms with Crippen LogP contribution in [0, 0.1) is 0 Å². The number of aliphatic imine (C=N–C) groups is 1. The molecule has 0 radical (unpaired) electrons. The molecule has 16 heavy (non-hydrogen) atoms. The molecule has 1 saturated heterocycles. The van der Waals surface area contributed by atoms with Crippen LogP contribution in [0.25, 0.3) is 0 Å². The Kier molecular flexibility index (Phi) is 4.74. The number of rotatable bonds is 2. The lowest BCUT2D eigenvalue weighted by Crippen LogP contribution is -2.31. The summed E-state index contributed by atoms with van der Waals surface area (Å²) in [5.74, 6) is 0.926. The average molecular weight is 222 g/mol. The van der Waals surface area contributed by atoms with Gasteiger partial charge in [0.1, 0.15) is 12.4 Å². The third-order valence-electron chi connectivity index (χ3n) is 2.93. The van der Waals surface area contributed by atoms with Gasteiger partial charge in [0, 0.05) is 24.9 Å². The molecular formula is C13H22N2O. The molecule has 1 rings (SSSR count). The second-order valence-electron chi connectivity index (χ2n) is 4.47. The van der Waals surface area contributed by atoms with Crippen molar-refractivity contribution in [1.82, 2.24) is 4.90 Å². The Hall–Kier alpha value is -1.09. The number of allylic oxidation sites excluding steroid dienone is 2. The normalized spacial score (nSPS) is 25.8. The molecule has 3 nitrogen and oxygen atoms in total. The molecule has 1 atom stereocenters. The standard InChI is InChI=1S/C13H22N2O/c1-10-6-7-12(15(4)5)9-16-13(10)11(2)8-14-3/h8,12H,1,6-7,9H2,2-5H3/b13-11+,14-8-/t12-/m1/s1. The van der Waals surface area contributed by atoms with Crippen LogP contribution < -0.4 is 0 Å². The van der Waals surface area contributed by atoms with Crippen LogP contribution in [0.15, 0.2) is 28.5 Å². The van der Waals surface area contributed by atoms with Crippen LogP contribution in [-0.4, -0.2) is 44.9 Å². The van der Waals surface area contributed by atoms with Gasteiger partial charge < -0.3 is 9.64 Å². The van der Waals surface area contributed by atoms with Crippen molar-refractivity contribution in [2.45, 2.75) is 25.8 Å². The summed E-state index contributed by atoms with van der Waals surface area (Å²) in [6.45, 7) is 6.84. The minimum absolute atomic E-state index is 0.473. The third kappa shape index (κ3) is 3.20. The van der Waals surface area contributed by atoms with E-state index in [1.807, 2.05) is 13.1 Å². The fourth-order valence-corrected chi connectivity index (χ4v) is 1.87. The molecular weight excluding hydrogens is 200 g/mol. The molecule has 1 heterocycles. The maximum absolute atomic E-state index is 5.85. The summed E-state index contributed by atoms with van der Waals surface area (Å²) in [5.41, 5.74) is 2.15. The molecule has 0 spiro atoms. The first kappa shape index (κ1) is 13.0. The Bertz CT molecular complexity index is 316. The van der Waals surface area contributed by atoms with Crippen molar-refractivity contribution in [3.63, 3.8) is 0 Å². The van der Waals surface area contributed by atoms with Crippen molar-refractivity contribution in [1.29, 1.82) is 0 Å². The summed E-state index contributed by atoms with van der Waals surface area (Å²) >= 11 is 0. The molecule has 0 amide bonds. The SMILES string of the molecule is C=C1CC[C@@H](N(C)C)CO/C1=C(C)/C=N\C. The summed E-state index contributed by atoms with van der Waals surface area (Å²) in [7, 11) is 5.95. The van der Waals surface area contributed by atoms with Gasteiger partial charge >= 0.3 is 0 Å². The van der Waals surface area contributed by atoms with Gasteiger partial charge in [-0.25, -0.2) is 0 Å². The molecule has 0 aromatic heterocycles. The summed E-state index contributed by atoms with van der Waals surface area (Å²) < 4.78 is 5.85. The second-order valence-corrected chi connectivity index (χ2v) is 4.47. The van der Waals surface area contributed by atoms with Gasteiger partial charge in [0.15, 0.2) is 0 Å². The lowest BCUT2D eigenvalue weighted by molar-refractivity contribution is 0.141. The molecule has 3 heteroatoms. The van der Waals surface area contributed by atoms with E-state index in [1.54, 1.807) is 7.05 Å². The fraction of sp³-hybridized carbons (Fsp3) is 0.615. The van der Waals surface area contributed by atoms with E-state index >= 15 is 0 Å². The predicted octanol–water partition coefficient (Wildman–Crippen LogP) is 2.26. The van der Waals surface area contributed by atoms with Gasteiger partial charge in [-0.15, -0.1) is 0 Å². The van der Waals surface area contributed by atoms with E-state index in [0.29, 0.717) is 6.04 Å². The largest absolute Gasteiger partial charge is 0.491 e. The average Bonchev–Trinajstić information content (AvgIpc) is 2.40. The van der Waals surface area contributed by atoms with E-state index < -0.39 is 0 Å². The molecule has 1 fully saturated rings. The highest BCUT2D eigenvalue weighted by molar-refractivity contribution is 5.79. The van der Waals surface area contributed by atoms with Crippen molar-refractivity contribution in [3.05, 3.63) is 23.5 Å². The fourth-order valence-electron chi connectivity index (χ4n) is 1.87. The molecule has 1 aliphatic rings. The minimum Gasteiger partial charge on any atom is -0.491 e. The number of likely N-dealkylation sites (N-methyl/N-ethyl adjacent to an activating group) is 1. The van der Waals surface area contributed by atoms with Gasteiger partial charge in [-0.3, -0.25) is 4.99 Å². The van der Waals surface area contributed by atoms with Gasteiger partial charge in [-0.1, -0.05) is 6.58 Å². The molecule has 0 aromatic carbocycles. The lowest BCUT2D eigenvalue weighted by atomic mass is 10.0. The summed E-state index contributed by atoms with van der Waals surface area (Å²) in [4.78, 5) is 6.22. The van der Waals surface area contributed by atoms with Crippen molar-refractivity contribution in [2.24, 2.45) is 4.99 Å². The van der Waals surface area contributed by atoms with Crippen LogP contribution in [-0.2, 0) is 4.74 Å². The third-order valence-corrected chi connectivity index (χ3v) is 2.93. The van der Waals surface area contributed by atoms with Gasteiger partial charge in [0.05, 0.1) is 0 Å². The van der Waals surface area contributed by atoms with Crippen LogP contribution in [0.2, 0.25) is 0 Å². The molecule has 1 aliphatic heterocycles. The van der Waals surface area contributed by atoms with Gasteiger partial charge in [0.25, 0.3) is 0 Å². The van der Waals surface area contributed by atoms with E-state index in [1.165, 1.54) is 0 Å². The van der Waals surface area contributed by atoms with Crippen LogP contribution in [0.1, 0.15) is 19.8 Å². The quantitative estimate of drug-likeness (QED) is 0.669. The van der Waals surface area contributed by atoms with Crippen LogP contribution >= 0.6 is 0 Å². The van der Waals surface area contributed by atoms with E-state index in [-0.39, 0.29) is 0 Å². The first-order valence-electron chi connectivity index (χ1n) is 5.66. The molecule has 0 saturated carbocycles. The second kappa shape index (κ2) is 5.85. The first-order chi connectivity index (χ1) is 7.56. The number of nitrogens with zero attached hydrogens (tertiary/aromatic N) is 2. The summed E-state index contributed by atoms with van der Waals surface area (Å²) in [5, 5.41) is 0. The number of hydrogen-bond donors (Lipinski definition) is 0. The van der Waals surface area contributed by atoms with Crippen molar-refractivity contribution in [2.75, 3.05) is 27.7 Å². The van der Waals surface area contributed by atoms with Crippen LogP contribution in [0.5, 0.6) is 0 Å². The van der Waals surface area contributed by atoms with Gasteiger partial charge in [-0.2, -0.15) is 0 Å². The highest BCUT2D eigenvalue weighted by Gasteiger charge is 2.20. The molecule has 0 unspecified atom stereocenters. The molecule has 0 N–H and O–H groups in total. The monoisotopic (exact) mass is 222 g/mol. The van der Waals surface area contributed by atoms with E-state index in [9.17, 15) is 0 Å². The van der Waals surface area contributed by atoms with E-state index in [4.69, 9.17) is 4.74 Å². The Balaban J connectivity index is 2.83. The Morgan fingerprint density at radius 2 is 2.25 bits per heavy atom. The number of ether oxygens (including phenoxy) is 1. The molecule has 90 valence electrons. The van der Waals surface area contributed by atoms with Crippen molar-refractivity contribution >= 4 is 6.21 Å². The van der Waals surface area contributed by atoms with E-state index in [2.05, 4.69) is 30.6 Å². The van der Waals surface area contributed by atoms with E-state index in [0.717, 1.165) is 36.4 Å². The topological polar surface area (TPSA) is 24.8 Å². The molecule has 0 aromatic rings. The van der Waals surface area contributed by atoms with Gasteiger partial charge in [0.2, 0.25) is 0 Å². The Morgan fingerprint density at radius 3 is 2.81 bits per heavy atom. The zero-order valence-electron chi connectivity index (χ0n) is 10.8. The van der Waals surface area contributed by atoms with Crippen LogP contribution in [0.4, 0.5) is 0 Å². The highest BCUT2D eigenvalue weighted by Crippen LogP contribution is 2.25. The molecule has 0 bridgehead atoms. The predicted molar refractivity (Wildman–Crippen MR) is 68.9 cm³/mol. The summed E-state index contributed by atoms with van der Waals surface area (Å²) in [6.07, 6.45) is 3.93. The van der Waals surface area contributed by atoms with Crippen LogP contribution in [0.3, 0.4) is 0 Å². The minimum atomic E-state index is 0.473. The number of hydrogen-bond acceptors (Lipinski definition) is 3. The van der Waals surface area contributed by atoms with Crippen molar-refractivity contribution in [3.8, 4) is 0 Å². The zero-order chi connectivity index (χ0) is 12.1. The van der Waals surface area contributed by atoms with Crippen molar-refractivity contribution < 1.29 is 4.74 Å². The Labute approximate surface area is 98.5 Å². The highest BCUT2D eigenvalue weighted by atomic mass is 16.5.